The molecule has 13 heteroatoms. The summed E-state index contributed by atoms with van der Waals surface area (Å²) < 4.78 is 52.8. The van der Waals surface area contributed by atoms with Crippen LogP contribution in [0.2, 0.25) is 0 Å². The molecule has 0 amide bonds. The van der Waals surface area contributed by atoms with Crippen molar-refractivity contribution < 1.29 is 22.6 Å². The lowest BCUT2D eigenvalue weighted by Gasteiger charge is -2.52. The highest BCUT2D eigenvalue weighted by Gasteiger charge is 2.49. The molecule has 1 N–H and O–H groups in total. The number of rotatable bonds is 8. The molecular weight excluding hydrogens is 537 g/mol. The number of nitrogens with one attached hydrogen (secondary N) is 1. The third kappa shape index (κ3) is 5.37. The second-order valence-electron chi connectivity index (χ2n) is 10.7. The fraction of sp³-hybridized carbons (Fsp3) is 0.464. The monoisotopic (exact) mass is 566 g/mol. The quantitative estimate of drug-likeness (QED) is 0.326. The highest BCUT2D eigenvalue weighted by molar-refractivity contribution is 5.90. The van der Waals surface area contributed by atoms with Crippen LogP contribution in [0.3, 0.4) is 0 Å². The fourth-order valence-electron chi connectivity index (χ4n) is 5.99. The Balaban J connectivity index is 1.09. The number of piperidine rings is 1. The first-order chi connectivity index (χ1) is 19.8. The van der Waals surface area contributed by atoms with Crippen LogP contribution in [0.1, 0.15) is 43.4 Å². The number of hydrogen-bond acceptors (Lipinski definition) is 8. The third-order valence-electron chi connectivity index (χ3n) is 8.08. The van der Waals surface area contributed by atoms with Gasteiger partial charge in [-0.15, -0.1) is 0 Å². The SMILES string of the molecule is COCc1cc(OC2CCN(C3CC(CC#N)(n4cc(-c5ncnc6[nH]ccc56)cn4)C3)CC2)nc(C(F)(F)F)c1. The van der Waals surface area contributed by atoms with Gasteiger partial charge in [0.2, 0.25) is 5.88 Å². The van der Waals surface area contributed by atoms with Gasteiger partial charge in [-0.1, -0.05) is 0 Å². The molecule has 6 rings (SSSR count). The molecule has 2 aliphatic rings. The molecule has 0 aromatic carbocycles. The van der Waals surface area contributed by atoms with Crippen LogP contribution in [0.15, 0.2) is 43.1 Å². The van der Waals surface area contributed by atoms with Crippen LogP contribution in [0.4, 0.5) is 13.2 Å². The third-order valence-corrected chi connectivity index (χ3v) is 8.08. The molecule has 0 atom stereocenters. The number of methoxy groups -OCH3 is 1. The van der Waals surface area contributed by atoms with Gasteiger partial charge in [0, 0.05) is 55.7 Å². The molecule has 4 aromatic rings. The van der Waals surface area contributed by atoms with Gasteiger partial charge in [0.25, 0.3) is 0 Å². The van der Waals surface area contributed by atoms with E-state index in [-0.39, 0.29) is 24.6 Å². The number of nitrogens with zero attached hydrogens (tertiary/aromatic N) is 7. The molecule has 0 spiro atoms. The van der Waals surface area contributed by atoms with Crippen molar-refractivity contribution in [1.82, 2.24) is 34.6 Å². The van der Waals surface area contributed by atoms with Crippen LogP contribution < -0.4 is 4.74 Å². The summed E-state index contributed by atoms with van der Waals surface area (Å²) in [6.45, 7) is 1.54. The lowest BCUT2D eigenvalue weighted by Crippen LogP contribution is -2.58. The average Bonchev–Trinajstić information content (AvgIpc) is 3.61. The van der Waals surface area contributed by atoms with Gasteiger partial charge in [0.15, 0.2) is 0 Å². The summed E-state index contributed by atoms with van der Waals surface area (Å²) in [6, 6.07) is 7.05. The van der Waals surface area contributed by atoms with Crippen molar-refractivity contribution in [2.24, 2.45) is 0 Å². The lowest BCUT2D eigenvalue weighted by atomic mass is 9.69. The number of H-pyrrole nitrogens is 1. The van der Waals surface area contributed by atoms with Crippen molar-refractivity contribution in [2.45, 2.75) is 62.6 Å². The molecule has 1 aliphatic heterocycles. The van der Waals surface area contributed by atoms with Crippen LogP contribution in [-0.2, 0) is 23.1 Å². The van der Waals surface area contributed by atoms with E-state index in [4.69, 9.17) is 9.47 Å². The second kappa shape index (κ2) is 10.8. The Labute approximate surface area is 234 Å². The summed E-state index contributed by atoms with van der Waals surface area (Å²) in [5.74, 6) is -0.0305. The summed E-state index contributed by atoms with van der Waals surface area (Å²) in [6.07, 6.45) is 5.55. The summed E-state index contributed by atoms with van der Waals surface area (Å²) in [4.78, 5) is 17.9. The van der Waals surface area contributed by atoms with Gasteiger partial charge >= 0.3 is 6.18 Å². The van der Waals surface area contributed by atoms with Crippen molar-refractivity contribution in [2.75, 3.05) is 20.2 Å². The zero-order valence-corrected chi connectivity index (χ0v) is 22.4. The Bertz CT molecular complexity index is 1560. The molecule has 0 radical (unpaired) electrons. The van der Waals surface area contributed by atoms with Gasteiger partial charge in [-0.25, -0.2) is 15.0 Å². The van der Waals surface area contributed by atoms with Crippen LogP contribution in [0.5, 0.6) is 5.88 Å². The molecule has 0 unspecified atom stereocenters. The predicted octanol–water partition coefficient (Wildman–Crippen LogP) is 4.70. The highest BCUT2D eigenvalue weighted by atomic mass is 19.4. The first-order valence-electron chi connectivity index (χ1n) is 13.5. The number of ether oxygens (including phenoxy) is 2. The molecule has 4 aromatic heterocycles. The number of alkyl halides is 3. The fourth-order valence-corrected chi connectivity index (χ4v) is 5.99. The normalized spacial score (nSPS) is 22.0. The summed E-state index contributed by atoms with van der Waals surface area (Å²) in [7, 11) is 1.43. The van der Waals surface area contributed by atoms with E-state index < -0.39 is 17.4 Å². The van der Waals surface area contributed by atoms with Gasteiger partial charge in [0.05, 0.1) is 36.5 Å². The van der Waals surface area contributed by atoms with Crippen LogP contribution in [-0.4, -0.2) is 67.0 Å². The minimum atomic E-state index is -4.57. The molecule has 41 heavy (non-hydrogen) atoms. The van der Waals surface area contributed by atoms with Crippen LogP contribution in [0, 0.1) is 11.3 Å². The molecule has 214 valence electrons. The maximum atomic E-state index is 13.3. The van der Waals surface area contributed by atoms with E-state index in [1.807, 2.05) is 23.1 Å². The number of likely N-dealkylation sites (tertiary alicyclic amines) is 1. The molecular formula is C28H29F3N8O2. The zero-order valence-electron chi connectivity index (χ0n) is 22.4. The molecule has 2 fully saturated rings. The molecule has 1 saturated carbocycles. The standard InChI is InChI=1S/C28H29F3N8O2/c1-40-16-18-10-23(28(29,30)31)37-24(11-18)41-21-3-8-38(9-4-21)20-12-27(13-20,5-6-32)39-15-19(14-36-39)25-22-2-7-33-26(22)35-17-34-25/h2,7,10-11,14-15,17,20-21H,3-5,8-9,12-13,16H2,1H3,(H,33,34,35). The maximum Gasteiger partial charge on any atom is 0.433 e. The topological polar surface area (TPSA) is 118 Å². The van der Waals surface area contributed by atoms with E-state index in [1.165, 1.54) is 19.5 Å². The summed E-state index contributed by atoms with van der Waals surface area (Å²) >= 11 is 0. The molecule has 10 nitrogen and oxygen atoms in total. The minimum Gasteiger partial charge on any atom is -0.474 e. The van der Waals surface area contributed by atoms with E-state index in [1.54, 1.807) is 6.20 Å². The number of aromatic amines is 1. The van der Waals surface area contributed by atoms with Gasteiger partial charge in [0.1, 0.15) is 23.8 Å². The molecule has 1 aliphatic carbocycles. The number of hydrogen-bond donors (Lipinski definition) is 1. The number of aromatic nitrogens is 6. The Kier molecular flexibility index (Phi) is 7.13. The smallest absolute Gasteiger partial charge is 0.433 e. The average molecular weight is 567 g/mol. The van der Waals surface area contributed by atoms with Crippen LogP contribution >= 0.6 is 0 Å². The summed E-state index contributed by atoms with van der Waals surface area (Å²) in [5.41, 5.74) is 1.40. The lowest BCUT2D eigenvalue weighted by molar-refractivity contribution is -0.141. The van der Waals surface area contributed by atoms with Crippen molar-refractivity contribution in [3.8, 4) is 23.2 Å². The second-order valence-corrected chi connectivity index (χ2v) is 10.7. The van der Waals surface area contributed by atoms with E-state index >= 15 is 0 Å². The van der Waals surface area contributed by atoms with Gasteiger partial charge < -0.3 is 14.5 Å². The first kappa shape index (κ1) is 27.2. The Hall–Kier alpha value is -4.02. The molecule has 0 bridgehead atoms. The largest absolute Gasteiger partial charge is 0.474 e. The number of pyridine rings is 1. The van der Waals surface area contributed by atoms with Crippen molar-refractivity contribution in [3.05, 3.63) is 54.4 Å². The van der Waals surface area contributed by atoms with E-state index in [9.17, 15) is 18.4 Å². The van der Waals surface area contributed by atoms with Crippen molar-refractivity contribution >= 4 is 11.0 Å². The van der Waals surface area contributed by atoms with Gasteiger partial charge in [-0.2, -0.15) is 23.5 Å². The van der Waals surface area contributed by atoms with Crippen molar-refractivity contribution in [1.29, 1.82) is 5.26 Å². The minimum absolute atomic E-state index is 0.0305. The van der Waals surface area contributed by atoms with Gasteiger partial charge in [-0.05, 0) is 43.4 Å². The zero-order chi connectivity index (χ0) is 28.6. The highest BCUT2D eigenvalue weighted by Crippen LogP contribution is 2.45. The molecule has 1 saturated heterocycles. The van der Waals surface area contributed by atoms with Gasteiger partial charge in [-0.3, -0.25) is 9.58 Å². The maximum absolute atomic E-state index is 13.3. The Morgan fingerprint density at radius 1 is 1.20 bits per heavy atom. The first-order valence-corrected chi connectivity index (χ1v) is 13.5. The van der Waals surface area contributed by atoms with E-state index in [0.29, 0.717) is 24.8 Å². The summed E-state index contributed by atoms with van der Waals surface area (Å²) in [5, 5.41) is 15.2. The van der Waals surface area contributed by atoms with Crippen molar-refractivity contribution in [3.63, 3.8) is 0 Å². The Morgan fingerprint density at radius 3 is 2.73 bits per heavy atom. The van der Waals surface area contributed by atoms with E-state index in [2.05, 4.69) is 36.0 Å². The number of fused-ring (bicyclic) bond motifs is 1. The predicted molar refractivity (Wildman–Crippen MR) is 142 cm³/mol. The van der Waals surface area contributed by atoms with E-state index in [0.717, 1.165) is 54.3 Å². The number of nitriles is 1. The molecule has 5 heterocycles. The Morgan fingerprint density at radius 2 is 2.00 bits per heavy atom. The number of halogens is 3. The van der Waals surface area contributed by atoms with Crippen LogP contribution in [0.25, 0.3) is 22.3 Å².